The van der Waals surface area contributed by atoms with Crippen LogP contribution in [0.15, 0.2) is 66.7 Å². The lowest BCUT2D eigenvalue weighted by Crippen LogP contribution is -2.01. The molecule has 5 rings (SSSR count). The molecule has 0 fully saturated rings. The molecule has 0 atom stereocenters. The van der Waals surface area contributed by atoms with Gasteiger partial charge in [-0.2, -0.15) is 0 Å². The number of rotatable bonds is 2. The lowest BCUT2D eigenvalue weighted by Gasteiger charge is -2.11. The summed E-state index contributed by atoms with van der Waals surface area (Å²) in [4.78, 5) is 15.5. The monoisotopic (exact) mass is 341 g/mol. The Labute approximate surface area is 146 Å². The third kappa shape index (κ3) is 2.04. The first-order chi connectivity index (χ1) is 12.7. The first kappa shape index (κ1) is 14.5. The van der Waals surface area contributed by atoms with Crippen LogP contribution in [0.5, 0.6) is 0 Å². The fourth-order valence-corrected chi connectivity index (χ4v) is 3.23. The third-order valence-electron chi connectivity index (χ3n) is 4.41. The molecule has 7 nitrogen and oxygen atoms in total. The van der Waals surface area contributed by atoms with Crippen LogP contribution >= 0.6 is 0 Å². The topological polar surface area (TPSA) is 86.7 Å². The van der Waals surface area contributed by atoms with Crippen LogP contribution in [0.25, 0.3) is 38.5 Å². The van der Waals surface area contributed by atoms with Crippen molar-refractivity contribution in [3.05, 3.63) is 76.8 Å². The largest absolute Gasteiger partial charge is 0.271 e. The van der Waals surface area contributed by atoms with Crippen LogP contribution in [0.4, 0.5) is 5.69 Å². The summed E-state index contributed by atoms with van der Waals surface area (Å²) in [5.74, 6) is 0. The number of nitro groups is 1. The summed E-state index contributed by atoms with van der Waals surface area (Å²) in [7, 11) is 0. The minimum Gasteiger partial charge on any atom is -0.258 e. The smallest absolute Gasteiger partial charge is 0.258 e. The Morgan fingerprint density at radius 3 is 2.15 bits per heavy atom. The van der Waals surface area contributed by atoms with E-state index in [4.69, 9.17) is 4.98 Å². The summed E-state index contributed by atoms with van der Waals surface area (Å²) in [5, 5.41) is 21.5. The number of hydrogen-bond acceptors (Lipinski definition) is 5. The van der Waals surface area contributed by atoms with Gasteiger partial charge in [0, 0.05) is 22.9 Å². The van der Waals surface area contributed by atoms with E-state index >= 15 is 0 Å². The number of nitro benzene ring substituents is 1. The van der Waals surface area contributed by atoms with Gasteiger partial charge in [-0.3, -0.25) is 10.1 Å². The number of fused-ring (bicyclic) bond motifs is 3. The predicted octanol–water partition coefficient (Wildman–Crippen LogP) is 4.03. The standard InChI is InChI=1S/C19H11N5O2/c25-24(26)12-9-10-17-18(11-12)23(22-21-17)19-13-5-1-3-7-15(13)20-16-8-4-2-6-14(16)19/h1-11H. The van der Waals surface area contributed by atoms with E-state index in [1.165, 1.54) is 12.1 Å². The van der Waals surface area contributed by atoms with Crippen LogP contribution < -0.4 is 0 Å². The number of pyridine rings is 1. The molecule has 0 N–H and O–H groups in total. The molecular formula is C19H11N5O2. The molecule has 0 amide bonds. The predicted molar refractivity (Wildman–Crippen MR) is 98.3 cm³/mol. The Bertz CT molecular complexity index is 1270. The Morgan fingerprint density at radius 1 is 0.846 bits per heavy atom. The molecular weight excluding hydrogens is 330 g/mol. The molecule has 0 saturated carbocycles. The number of non-ortho nitro benzene ring substituents is 1. The second kappa shape index (κ2) is 5.32. The van der Waals surface area contributed by atoms with Crippen LogP contribution in [-0.2, 0) is 0 Å². The minimum absolute atomic E-state index is 0.00344. The molecule has 2 aromatic heterocycles. The average Bonchev–Trinajstić information content (AvgIpc) is 3.09. The van der Waals surface area contributed by atoms with Gasteiger partial charge in [-0.25, -0.2) is 9.67 Å². The van der Waals surface area contributed by atoms with E-state index in [0.717, 1.165) is 27.5 Å². The van der Waals surface area contributed by atoms with Gasteiger partial charge in [-0.1, -0.05) is 41.6 Å². The SMILES string of the molecule is O=[N+]([O-])c1ccc2nnn(-c3c4ccccc4nc4ccccc34)c2c1. The highest BCUT2D eigenvalue weighted by Crippen LogP contribution is 2.31. The van der Waals surface area contributed by atoms with Crippen LogP contribution in [-0.4, -0.2) is 24.9 Å². The zero-order chi connectivity index (χ0) is 17.7. The molecule has 0 bridgehead atoms. The summed E-state index contributed by atoms with van der Waals surface area (Å²) < 4.78 is 1.66. The van der Waals surface area contributed by atoms with E-state index in [0.29, 0.717) is 11.0 Å². The maximum absolute atomic E-state index is 11.2. The second-order valence-electron chi connectivity index (χ2n) is 5.93. The molecule has 124 valence electrons. The van der Waals surface area contributed by atoms with E-state index in [1.54, 1.807) is 10.7 Å². The van der Waals surface area contributed by atoms with Crippen molar-refractivity contribution in [2.45, 2.75) is 0 Å². The lowest BCUT2D eigenvalue weighted by atomic mass is 10.1. The number of para-hydroxylation sites is 2. The number of hydrogen-bond donors (Lipinski definition) is 0. The Hall–Kier alpha value is -3.87. The Morgan fingerprint density at radius 2 is 1.50 bits per heavy atom. The highest BCUT2D eigenvalue weighted by atomic mass is 16.6. The highest BCUT2D eigenvalue weighted by molar-refractivity contribution is 6.04. The zero-order valence-corrected chi connectivity index (χ0v) is 13.4. The van der Waals surface area contributed by atoms with Crippen molar-refractivity contribution in [3.8, 4) is 5.69 Å². The van der Waals surface area contributed by atoms with Crippen molar-refractivity contribution in [2.24, 2.45) is 0 Å². The molecule has 26 heavy (non-hydrogen) atoms. The van der Waals surface area contributed by atoms with Crippen LogP contribution in [0.3, 0.4) is 0 Å². The fourth-order valence-electron chi connectivity index (χ4n) is 3.23. The Kier molecular flexibility index (Phi) is 2.96. The molecule has 0 unspecified atom stereocenters. The second-order valence-corrected chi connectivity index (χ2v) is 5.93. The normalized spacial score (nSPS) is 11.4. The van der Waals surface area contributed by atoms with Crippen molar-refractivity contribution in [1.29, 1.82) is 0 Å². The molecule has 3 aromatic carbocycles. The molecule has 0 saturated heterocycles. The third-order valence-corrected chi connectivity index (χ3v) is 4.41. The maximum Gasteiger partial charge on any atom is 0.271 e. The van der Waals surface area contributed by atoms with E-state index < -0.39 is 4.92 Å². The van der Waals surface area contributed by atoms with Crippen LogP contribution in [0.2, 0.25) is 0 Å². The van der Waals surface area contributed by atoms with Crippen molar-refractivity contribution in [3.63, 3.8) is 0 Å². The van der Waals surface area contributed by atoms with Gasteiger partial charge in [0.2, 0.25) is 0 Å². The Balaban J connectivity index is 1.96. The van der Waals surface area contributed by atoms with Gasteiger partial charge in [0.1, 0.15) is 11.0 Å². The lowest BCUT2D eigenvalue weighted by molar-refractivity contribution is -0.384. The first-order valence-corrected chi connectivity index (χ1v) is 8.00. The van der Waals surface area contributed by atoms with Gasteiger partial charge in [0.15, 0.2) is 0 Å². The van der Waals surface area contributed by atoms with Crippen LogP contribution in [0, 0.1) is 10.1 Å². The summed E-state index contributed by atoms with van der Waals surface area (Å²) in [6.07, 6.45) is 0. The van der Waals surface area contributed by atoms with Gasteiger partial charge in [0.05, 0.1) is 21.6 Å². The van der Waals surface area contributed by atoms with Crippen molar-refractivity contribution in [1.82, 2.24) is 20.0 Å². The van der Waals surface area contributed by atoms with Crippen molar-refractivity contribution < 1.29 is 4.92 Å². The minimum atomic E-state index is -0.417. The van der Waals surface area contributed by atoms with Crippen LogP contribution in [0.1, 0.15) is 0 Å². The summed E-state index contributed by atoms with van der Waals surface area (Å²) in [6.45, 7) is 0. The average molecular weight is 341 g/mol. The number of aromatic nitrogens is 4. The molecule has 0 aliphatic heterocycles. The molecule has 2 heterocycles. The molecule has 5 aromatic rings. The maximum atomic E-state index is 11.2. The molecule has 0 spiro atoms. The van der Waals surface area contributed by atoms with Crippen molar-refractivity contribution in [2.75, 3.05) is 0 Å². The van der Waals surface area contributed by atoms with E-state index in [-0.39, 0.29) is 5.69 Å². The van der Waals surface area contributed by atoms with E-state index in [9.17, 15) is 10.1 Å². The van der Waals surface area contributed by atoms with Gasteiger partial charge < -0.3 is 0 Å². The number of benzene rings is 3. The summed E-state index contributed by atoms with van der Waals surface area (Å²) >= 11 is 0. The molecule has 0 aliphatic rings. The van der Waals surface area contributed by atoms with Gasteiger partial charge in [0.25, 0.3) is 5.69 Å². The molecule has 0 aliphatic carbocycles. The fraction of sp³-hybridized carbons (Fsp3) is 0. The van der Waals surface area contributed by atoms with Gasteiger partial charge in [-0.15, -0.1) is 5.10 Å². The quantitative estimate of drug-likeness (QED) is 0.275. The first-order valence-electron chi connectivity index (χ1n) is 8.00. The van der Waals surface area contributed by atoms with Gasteiger partial charge >= 0.3 is 0 Å². The summed E-state index contributed by atoms with van der Waals surface area (Å²) in [6, 6.07) is 20.1. The van der Waals surface area contributed by atoms with Crippen molar-refractivity contribution >= 4 is 38.5 Å². The highest BCUT2D eigenvalue weighted by Gasteiger charge is 2.17. The summed E-state index contributed by atoms with van der Waals surface area (Å²) in [5.41, 5.74) is 3.66. The van der Waals surface area contributed by atoms with Gasteiger partial charge in [-0.05, 0) is 18.2 Å². The number of nitrogens with zero attached hydrogens (tertiary/aromatic N) is 5. The van der Waals surface area contributed by atoms with E-state index in [1.807, 2.05) is 48.5 Å². The zero-order valence-electron chi connectivity index (χ0n) is 13.4. The molecule has 0 radical (unpaired) electrons. The van der Waals surface area contributed by atoms with E-state index in [2.05, 4.69) is 10.3 Å². The molecule has 7 heteroatoms.